The van der Waals surface area contributed by atoms with Gasteiger partial charge in [-0.3, -0.25) is 4.79 Å². The fourth-order valence-electron chi connectivity index (χ4n) is 3.40. The molecule has 0 radical (unpaired) electrons. The third-order valence-electron chi connectivity index (χ3n) is 4.50. The van der Waals surface area contributed by atoms with Crippen LogP contribution in [-0.4, -0.2) is 41.6 Å². The summed E-state index contributed by atoms with van der Waals surface area (Å²) in [6.07, 6.45) is 0.290. The Labute approximate surface area is 141 Å². The molecule has 1 saturated heterocycles. The van der Waals surface area contributed by atoms with Gasteiger partial charge in [0.2, 0.25) is 0 Å². The smallest absolute Gasteiger partial charge is 0.410 e. The van der Waals surface area contributed by atoms with Gasteiger partial charge in [0, 0.05) is 19.0 Å². The summed E-state index contributed by atoms with van der Waals surface area (Å²) in [6.45, 7) is 8.18. The van der Waals surface area contributed by atoms with Gasteiger partial charge in [0.25, 0.3) is 5.91 Å². The topological polar surface area (TPSA) is 58.6 Å². The second-order valence-electron chi connectivity index (χ2n) is 7.47. The Bertz CT molecular complexity index is 696. The molecule has 6 heteroatoms. The summed E-state index contributed by atoms with van der Waals surface area (Å²) in [6, 6.07) is 3.11. The molecule has 0 saturated carbocycles. The lowest BCUT2D eigenvalue weighted by Gasteiger charge is -2.28. The third kappa shape index (κ3) is 2.97. The molecule has 1 N–H and O–H groups in total. The van der Waals surface area contributed by atoms with Gasteiger partial charge in [-0.05, 0) is 44.4 Å². The van der Waals surface area contributed by atoms with Crippen molar-refractivity contribution in [1.82, 2.24) is 10.2 Å². The van der Waals surface area contributed by atoms with E-state index in [0.29, 0.717) is 25.1 Å². The summed E-state index contributed by atoms with van der Waals surface area (Å²) >= 11 is 0. The first kappa shape index (κ1) is 16.7. The number of hydrogen-bond acceptors (Lipinski definition) is 3. The summed E-state index contributed by atoms with van der Waals surface area (Å²) in [4.78, 5) is 26.2. The second-order valence-corrected chi connectivity index (χ2v) is 7.47. The number of halogens is 1. The molecular weight excluding hydrogens is 311 g/mol. The van der Waals surface area contributed by atoms with E-state index >= 15 is 0 Å². The van der Waals surface area contributed by atoms with Crippen LogP contribution in [0.2, 0.25) is 0 Å². The van der Waals surface area contributed by atoms with Crippen LogP contribution in [0.4, 0.5) is 9.18 Å². The first-order valence-corrected chi connectivity index (χ1v) is 8.30. The Hall–Kier alpha value is -2.11. The second kappa shape index (κ2) is 5.76. The summed E-state index contributed by atoms with van der Waals surface area (Å²) < 4.78 is 19.7. The normalized spacial score (nSPS) is 22.7. The largest absolute Gasteiger partial charge is 0.444 e. The molecule has 1 aromatic carbocycles. The average Bonchev–Trinajstić information content (AvgIpc) is 2.89. The van der Waals surface area contributed by atoms with Crippen LogP contribution in [0.1, 0.15) is 55.1 Å². The molecule has 1 fully saturated rings. The van der Waals surface area contributed by atoms with E-state index in [4.69, 9.17) is 4.74 Å². The van der Waals surface area contributed by atoms with Crippen LogP contribution in [-0.2, 0) is 11.2 Å². The van der Waals surface area contributed by atoms with E-state index < -0.39 is 23.4 Å². The molecule has 2 aliphatic rings. The monoisotopic (exact) mass is 334 g/mol. The van der Waals surface area contributed by atoms with Gasteiger partial charge in [-0.1, -0.05) is 13.0 Å². The van der Waals surface area contributed by atoms with Gasteiger partial charge in [0.05, 0.1) is 11.6 Å². The lowest BCUT2D eigenvalue weighted by molar-refractivity contribution is 0.0288. The van der Waals surface area contributed by atoms with E-state index in [1.165, 1.54) is 6.07 Å². The summed E-state index contributed by atoms with van der Waals surface area (Å²) in [5.41, 5.74) is 1.09. The summed E-state index contributed by atoms with van der Waals surface area (Å²) in [7, 11) is 0. The summed E-state index contributed by atoms with van der Waals surface area (Å²) in [5, 5.41) is 2.83. The molecule has 2 atom stereocenters. The fraction of sp³-hybridized carbons (Fsp3) is 0.556. The molecule has 1 aromatic rings. The molecule has 0 bridgehead atoms. The van der Waals surface area contributed by atoms with E-state index in [0.717, 1.165) is 5.56 Å². The lowest BCUT2D eigenvalue weighted by Crippen LogP contribution is -2.45. The van der Waals surface area contributed by atoms with Crippen LogP contribution in [0.15, 0.2) is 12.1 Å². The van der Waals surface area contributed by atoms with Gasteiger partial charge in [-0.2, -0.15) is 0 Å². The highest BCUT2D eigenvalue weighted by molar-refractivity contribution is 5.98. The zero-order valence-corrected chi connectivity index (χ0v) is 14.5. The molecule has 2 heterocycles. The molecule has 2 aliphatic heterocycles. The molecule has 0 aromatic heterocycles. The van der Waals surface area contributed by atoms with Crippen molar-refractivity contribution in [3.8, 4) is 0 Å². The number of benzene rings is 1. The third-order valence-corrected chi connectivity index (χ3v) is 4.50. The minimum atomic E-state index is -0.576. The van der Waals surface area contributed by atoms with Crippen molar-refractivity contribution in [2.45, 2.75) is 51.7 Å². The average molecular weight is 334 g/mol. The first-order chi connectivity index (χ1) is 11.2. The number of aryl methyl sites for hydroxylation is 1. The van der Waals surface area contributed by atoms with E-state index in [2.05, 4.69) is 5.32 Å². The Morgan fingerprint density at radius 1 is 1.38 bits per heavy atom. The van der Waals surface area contributed by atoms with Gasteiger partial charge < -0.3 is 15.0 Å². The van der Waals surface area contributed by atoms with Crippen molar-refractivity contribution in [3.63, 3.8) is 0 Å². The number of hydrogen-bond donors (Lipinski definition) is 1. The van der Waals surface area contributed by atoms with Gasteiger partial charge in [0.1, 0.15) is 11.4 Å². The molecule has 24 heavy (non-hydrogen) atoms. The highest BCUT2D eigenvalue weighted by Gasteiger charge is 2.44. The maximum absolute atomic E-state index is 14.3. The van der Waals surface area contributed by atoms with Crippen LogP contribution in [0, 0.1) is 5.82 Å². The van der Waals surface area contributed by atoms with Crippen molar-refractivity contribution in [3.05, 3.63) is 34.6 Å². The standard InChI is InChI=1S/C18H23FN2O3/c1-5-10-6-11-12-8-21(17(23)24-18(2,3)4)9-14(12)20-16(22)15(11)13(19)7-10/h6-7,12,14H,5,8-9H2,1-4H3,(H,20,22)/t12-,14+/m0/s1. The van der Waals surface area contributed by atoms with Crippen molar-refractivity contribution >= 4 is 12.0 Å². The Kier molecular flexibility index (Phi) is 4.01. The lowest BCUT2D eigenvalue weighted by atomic mass is 9.85. The van der Waals surface area contributed by atoms with E-state index in [1.807, 2.05) is 33.8 Å². The van der Waals surface area contributed by atoms with Crippen LogP contribution in [0.5, 0.6) is 0 Å². The first-order valence-electron chi connectivity index (χ1n) is 8.30. The van der Waals surface area contributed by atoms with Crippen LogP contribution in [0.3, 0.4) is 0 Å². The summed E-state index contributed by atoms with van der Waals surface area (Å²) in [5.74, 6) is -1.00. The predicted octanol–water partition coefficient (Wildman–Crippen LogP) is 2.83. The fourth-order valence-corrected chi connectivity index (χ4v) is 3.40. The van der Waals surface area contributed by atoms with E-state index in [-0.39, 0.29) is 17.5 Å². The molecule has 3 rings (SSSR count). The Morgan fingerprint density at radius 2 is 2.08 bits per heavy atom. The number of ether oxygens (including phenoxy) is 1. The number of likely N-dealkylation sites (tertiary alicyclic amines) is 1. The highest BCUT2D eigenvalue weighted by atomic mass is 19.1. The predicted molar refractivity (Wildman–Crippen MR) is 87.6 cm³/mol. The quantitative estimate of drug-likeness (QED) is 0.859. The van der Waals surface area contributed by atoms with Crippen molar-refractivity contribution in [2.75, 3.05) is 13.1 Å². The van der Waals surface area contributed by atoms with E-state index in [9.17, 15) is 14.0 Å². The number of nitrogens with one attached hydrogen (secondary N) is 1. The zero-order valence-electron chi connectivity index (χ0n) is 14.5. The Morgan fingerprint density at radius 3 is 2.71 bits per heavy atom. The Balaban J connectivity index is 1.90. The molecule has 0 spiro atoms. The molecule has 5 nitrogen and oxygen atoms in total. The number of rotatable bonds is 1. The van der Waals surface area contributed by atoms with Crippen LogP contribution in [0.25, 0.3) is 0 Å². The van der Waals surface area contributed by atoms with Crippen molar-refractivity contribution in [1.29, 1.82) is 0 Å². The molecule has 0 unspecified atom stereocenters. The molecule has 130 valence electrons. The van der Waals surface area contributed by atoms with Gasteiger partial charge in [-0.25, -0.2) is 9.18 Å². The van der Waals surface area contributed by atoms with Gasteiger partial charge in [-0.15, -0.1) is 0 Å². The zero-order chi connectivity index (χ0) is 17.6. The molecule has 0 aliphatic carbocycles. The van der Waals surface area contributed by atoms with Crippen molar-refractivity contribution in [2.24, 2.45) is 0 Å². The number of amides is 2. The molecule has 2 amide bonds. The van der Waals surface area contributed by atoms with Gasteiger partial charge in [0.15, 0.2) is 0 Å². The number of fused-ring (bicyclic) bond motifs is 3. The minimum Gasteiger partial charge on any atom is -0.444 e. The maximum Gasteiger partial charge on any atom is 0.410 e. The van der Waals surface area contributed by atoms with Crippen LogP contribution < -0.4 is 5.32 Å². The van der Waals surface area contributed by atoms with Crippen molar-refractivity contribution < 1.29 is 18.7 Å². The van der Waals surface area contributed by atoms with Gasteiger partial charge >= 0.3 is 6.09 Å². The molecular formula is C18H23FN2O3. The number of carbonyl (C=O) groups excluding carboxylic acids is 2. The minimum absolute atomic E-state index is 0.105. The van der Waals surface area contributed by atoms with Crippen LogP contribution >= 0.6 is 0 Å². The maximum atomic E-state index is 14.3. The SMILES string of the molecule is CCc1cc(F)c2c(c1)[C@@H]1CN(C(=O)OC(C)(C)C)C[C@H]1NC2=O. The number of carbonyl (C=O) groups is 2. The highest BCUT2D eigenvalue weighted by Crippen LogP contribution is 2.36. The number of nitrogens with zero attached hydrogens (tertiary/aromatic N) is 1. The van der Waals surface area contributed by atoms with E-state index in [1.54, 1.807) is 4.90 Å².